The molecule has 0 bridgehead atoms. The van der Waals surface area contributed by atoms with Crippen molar-refractivity contribution in [2.45, 2.75) is 17.6 Å². The van der Waals surface area contributed by atoms with E-state index >= 15 is 0 Å². The van der Waals surface area contributed by atoms with Crippen LogP contribution >= 0.6 is 0 Å². The summed E-state index contributed by atoms with van der Waals surface area (Å²) in [5, 5.41) is 5.30. The molecule has 158 valence electrons. The fraction of sp³-hybridized carbons (Fsp3) is 0.333. The van der Waals surface area contributed by atoms with Crippen LogP contribution in [-0.4, -0.2) is 50.2 Å². The van der Waals surface area contributed by atoms with Crippen LogP contribution in [0.1, 0.15) is 16.1 Å². The van der Waals surface area contributed by atoms with Crippen LogP contribution in [0.15, 0.2) is 64.6 Å². The zero-order valence-corrected chi connectivity index (χ0v) is 17.1. The van der Waals surface area contributed by atoms with Gasteiger partial charge < -0.3 is 15.1 Å². The Morgan fingerprint density at radius 1 is 1.13 bits per heavy atom. The maximum absolute atomic E-state index is 12.8. The van der Waals surface area contributed by atoms with Gasteiger partial charge in [0, 0.05) is 25.7 Å². The summed E-state index contributed by atoms with van der Waals surface area (Å²) in [6, 6.07) is 12.4. The predicted molar refractivity (Wildman–Crippen MR) is 109 cm³/mol. The Balaban J connectivity index is 1.31. The number of rotatable bonds is 8. The monoisotopic (exact) mass is 429 g/mol. The summed E-state index contributed by atoms with van der Waals surface area (Å²) in [4.78, 5) is 23.7. The molecule has 4 rings (SSSR count). The fourth-order valence-electron chi connectivity index (χ4n) is 3.88. The van der Waals surface area contributed by atoms with Crippen molar-refractivity contribution >= 4 is 21.8 Å². The molecule has 2 aromatic rings. The second-order valence-corrected chi connectivity index (χ2v) is 9.37. The van der Waals surface area contributed by atoms with Gasteiger partial charge in [-0.05, 0) is 42.0 Å². The van der Waals surface area contributed by atoms with E-state index in [4.69, 9.17) is 4.42 Å². The lowest BCUT2D eigenvalue weighted by Crippen LogP contribution is -2.36. The van der Waals surface area contributed by atoms with Crippen LogP contribution in [0.5, 0.6) is 0 Å². The van der Waals surface area contributed by atoms with Crippen LogP contribution < -0.4 is 10.6 Å². The Bertz CT molecular complexity index is 1050. The number of hydrogen-bond donors (Lipinski definition) is 2. The summed E-state index contributed by atoms with van der Waals surface area (Å²) in [6.07, 6.45) is 1.87. The van der Waals surface area contributed by atoms with Gasteiger partial charge in [-0.3, -0.25) is 9.59 Å². The first-order valence-corrected chi connectivity index (χ1v) is 11.2. The zero-order valence-electron chi connectivity index (χ0n) is 16.3. The number of nitrogens with zero attached hydrogens (tertiary/aromatic N) is 1. The maximum atomic E-state index is 12.8. The number of hydrogen-bond acceptors (Lipinski definition) is 5. The topological polar surface area (TPSA) is 109 Å². The number of carbonyl (C=O) groups excluding carboxylic acids is 2. The molecule has 2 aliphatic rings. The Hall–Kier alpha value is -2.91. The smallest absolute Gasteiger partial charge is 0.287 e. The van der Waals surface area contributed by atoms with E-state index in [0.29, 0.717) is 26.1 Å². The lowest BCUT2D eigenvalue weighted by Gasteiger charge is -2.18. The minimum atomic E-state index is -3.82. The van der Waals surface area contributed by atoms with Crippen molar-refractivity contribution in [3.8, 4) is 0 Å². The molecule has 8 nitrogen and oxygen atoms in total. The second kappa shape index (κ2) is 8.08. The molecule has 1 saturated carbocycles. The van der Waals surface area contributed by atoms with E-state index in [-0.39, 0.29) is 34.6 Å². The maximum Gasteiger partial charge on any atom is 0.287 e. The van der Waals surface area contributed by atoms with Gasteiger partial charge >= 0.3 is 0 Å². The van der Waals surface area contributed by atoms with Crippen molar-refractivity contribution in [2.24, 2.45) is 11.8 Å². The third-order valence-electron chi connectivity index (χ3n) is 5.60. The number of carbonyl (C=O) groups is 2. The first-order chi connectivity index (χ1) is 14.4. The normalized spacial score (nSPS) is 22.9. The minimum Gasteiger partial charge on any atom is -0.438 e. The molecular formula is C21H23N3O5S. The summed E-state index contributed by atoms with van der Waals surface area (Å²) < 4.78 is 32.3. The van der Waals surface area contributed by atoms with Crippen molar-refractivity contribution < 1.29 is 22.4 Å². The SMILES string of the molecule is C=CC(=O)NC1C2CN(S(=O)(=O)c3ccc(C(=O)NCCc4ccccc4)o3)CC21. The van der Waals surface area contributed by atoms with Gasteiger partial charge in [-0.15, -0.1) is 0 Å². The van der Waals surface area contributed by atoms with E-state index < -0.39 is 15.9 Å². The highest BCUT2D eigenvalue weighted by Crippen LogP contribution is 2.47. The Labute approximate surface area is 175 Å². The lowest BCUT2D eigenvalue weighted by atomic mass is 10.1. The molecule has 1 aliphatic carbocycles. The number of piperidine rings is 1. The Morgan fingerprint density at radius 2 is 1.83 bits per heavy atom. The second-order valence-electron chi connectivity index (χ2n) is 7.50. The Morgan fingerprint density at radius 3 is 2.50 bits per heavy atom. The van der Waals surface area contributed by atoms with Crippen LogP contribution in [0.25, 0.3) is 0 Å². The van der Waals surface area contributed by atoms with Crippen molar-refractivity contribution in [3.63, 3.8) is 0 Å². The molecule has 0 spiro atoms. The predicted octanol–water partition coefficient (Wildman–Crippen LogP) is 1.17. The quantitative estimate of drug-likeness (QED) is 0.613. The molecule has 1 aromatic heterocycles. The van der Waals surface area contributed by atoms with E-state index in [1.165, 1.54) is 22.5 Å². The van der Waals surface area contributed by atoms with E-state index in [2.05, 4.69) is 17.2 Å². The first kappa shape index (κ1) is 20.4. The standard InChI is InChI=1S/C21H23N3O5S/c1-2-18(25)23-20-15-12-24(13-16(15)20)30(27,28)19-9-8-17(29-19)21(26)22-11-10-14-6-4-3-5-7-14/h2-9,15-16,20H,1,10-13H2,(H,22,26)(H,23,25). The minimum absolute atomic E-state index is 0.00972. The molecule has 2 atom stereocenters. The average Bonchev–Trinajstić information content (AvgIpc) is 3.16. The van der Waals surface area contributed by atoms with Gasteiger partial charge in [0.05, 0.1) is 0 Å². The van der Waals surface area contributed by atoms with Crippen molar-refractivity contribution in [1.29, 1.82) is 0 Å². The number of fused-ring (bicyclic) bond motifs is 1. The van der Waals surface area contributed by atoms with Crippen LogP contribution in [0.3, 0.4) is 0 Å². The van der Waals surface area contributed by atoms with Gasteiger partial charge in [0.15, 0.2) is 5.76 Å². The van der Waals surface area contributed by atoms with E-state index in [1.54, 1.807) is 0 Å². The van der Waals surface area contributed by atoms with Crippen LogP contribution in [-0.2, 0) is 21.2 Å². The lowest BCUT2D eigenvalue weighted by molar-refractivity contribution is -0.116. The van der Waals surface area contributed by atoms with Gasteiger partial charge in [0.1, 0.15) is 0 Å². The van der Waals surface area contributed by atoms with Crippen LogP contribution in [0.4, 0.5) is 0 Å². The van der Waals surface area contributed by atoms with E-state index in [9.17, 15) is 18.0 Å². The highest BCUT2D eigenvalue weighted by Gasteiger charge is 2.58. The summed E-state index contributed by atoms with van der Waals surface area (Å²) in [7, 11) is -3.82. The van der Waals surface area contributed by atoms with Gasteiger partial charge in [-0.25, -0.2) is 8.42 Å². The highest BCUT2D eigenvalue weighted by atomic mass is 32.2. The molecule has 2 fully saturated rings. The van der Waals surface area contributed by atoms with Gasteiger partial charge in [-0.2, -0.15) is 4.31 Å². The number of nitrogens with one attached hydrogen (secondary N) is 2. The molecule has 1 aliphatic heterocycles. The van der Waals surface area contributed by atoms with Crippen LogP contribution in [0, 0.1) is 11.8 Å². The molecule has 1 saturated heterocycles. The summed E-state index contributed by atoms with van der Waals surface area (Å²) in [5.41, 5.74) is 1.09. The van der Waals surface area contributed by atoms with Crippen molar-refractivity contribution in [3.05, 3.63) is 66.4 Å². The molecule has 30 heavy (non-hydrogen) atoms. The van der Waals surface area contributed by atoms with E-state index in [0.717, 1.165) is 5.56 Å². The molecule has 2 N–H and O–H groups in total. The molecule has 1 aromatic carbocycles. The average molecular weight is 429 g/mol. The Kier molecular flexibility index (Phi) is 5.48. The fourth-order valence-corrected chi connectivity index (χ4v) is 5.31. The zero-order chi connectivity index (χ0) is 21.3. The highest BCUT2D eigenvalue weighted by molar-refractivity contribution is 7.89. The molecular weight excluding hydrogens is 406 g/mol. The number of furan rings is 1. The van der Waals surface area contributed by atoms with Gasteiger partial charge in [0.25, 0.3) is 15.9 Å². The van der Waals surface area contributed by atoms with Gasteiger partial charge in [0.2, 0.25) is 11.0 Å². The van der Waals surface area contributed by atoms with E-state index in [1.807, 2.05) is 30.3 Å². The number of benzene rings is 1. The third kappa shape index (κ3) is 4.03. The van der Waals surface area contributed by atoms with Crippen molar-refractivity contribution in [1.82, 2.24) is 14.9 Å². The number of sulfonamides is 1. The summed E-state index contributed by atoms with van der Waals surface area (Å²) >= 11 is 0. The third-order valence-corrected chi connectivity index (χ3v) is 7.30. The molecule has 2 amide bonds. The molecule has 2 heterocycles. The van der Waals surface area contributed by atoms with Crippen LogP contribution in [0.2, 0.25) is 0 Å². The first-order valence-electron chi connectivity index (χ1n) is 9.75. The number of amides is 2. The molecule has 9 heteroatoms. The summed E-state index contributed by atoms with van der Waals surface area (Å²) in [6.45, 7) is 4.46. The van der Waals surface area contributed by atoms with Crippen molar-refractivity contribution in [2.75, 3.05) is 19.6 Å². The van der Waals surface area contributed by atoms with Gasteiger partial charge in [-0.1, -0.05) is 36.9 Å². The molecule has 0 radical (unpaired) electrons. The summed E-state index contributed by atoms with van der Waals surface area (Å²) in [5.74, 6) is -0.553. The largest absolute Gasteiger partial charge is 0.438 e. The molecule has 2 unspecified atom stereocenters.